The van der Waals surface area contributed by atoms with Gasteiger partial charge >= 0.3 is 0 Å². The Balaban J connectivity index is 2.47. The topological polar surface area (TPSA) is 42.7 Å². The zero-order chi connectivity index (χ0) is 13.5. The highest BCUT2D eigenvalue weighted by Gasteiger charge is 2.14. The third-order valence-corrected chi connectivity index (χ3v) is 3.07. The molecule has 0 saturated carbocycles. The molecule has 0 spiro atoms. The molecule has 0 aliphatic carbocycles. The van der Waals surface area contributed by atoms with E-state index in [9.17, 15) is 0 Å². The Bertz CT molecular complexity index is 330. The largest absolute Gasteiger partial charge is 0.316 e. The number of nitrogens with zero attached hydrogens (tertiary/aromatic N) is 3. The summed E-state index contributed by atoms with van der Waals surface area (Å²) in [6.45, 7) is 11.2. The highest BCUT2D eigenvalue weighted by Crippen LogP contribution is 2.15. The van der Waals surface area contributed by atoms with Crippen molar-refractivity contribution in [1.29, 1.82) is 0 Å². The van der Waals surface area contributed by atoms with Gasteiger partial charge in [0.15, 0.2) is 0 Å². The van der Waals surface area contributed by atoms with Gasteiger partial charge in [0.25, 0.3) is 0 Å². The maximum atomic E-state index is 4.33. The van der Waals surface area contributed by atoms with Gasteiger partial charge in [-0.05, 0) is 37.3 Å². The minimum Gasteiger partial charge on any atom is -0.316 e. The van der Waals surface area contributed by atoms with E-state index in [4.69, 9.17) is 0 Å². The van der Waals surface area contributed by atoms with E-state index in [0.717, 1.165) is 31.3 Å². The molecule has 0 amide bonds. The summed E-state index contributed by atoms with van der Waals surface area (Å²) in [6.07, 6.45) is 3.89. The van der Waals surface area contributed by atoms with Crippen LogP contribution < -0.4 is 5.32 Å². The third kappa shape index (κ3) is 5.63. The first-order valence-electron chi connectivity index (χ1n) is 7.02. The van der Waals surface area contributed by atoms with Crippen molar-refractivity contribution in [3.8, 4) is 0 Å². The molecular weight excluding hydrogens is 224 g/mol. The summed E-state index contributed by atoms with van der Waals surface area (Å²) in [5, 5.41) is 7.71. The van der Waals surface area contributed by atoms with Crippen molar-refractivity contribution in [3.63, 3.8) is 0 Å². The van der Waals surface area contributed by atoms with Crippen LogP contribution in [0.5, 0.6) is 0 Å². The maximum Gasteiger partial charge on any atom is 0.138 e. The van der Waals surface area contributed by atoms with Gasteiger partial charge in [-0.15, -0.1) is 0 Å². The Morgan fingerprint density at radius 2 is 1.89 bits per heavy atom. The average Bonchev–Trinajstić information content (AvgIpc) is 2.62. The standard InChI is InChI=1S/C14H28N4/c1-11(2)6-13(9-15-8-12(3)4)7-14-16-10-17-18(14)5/h10-13,15H,6-9H2,1-5H3. The fourth-order valence-corrected chi connectivity index (χ4v) is 2.24. The molecule has 0 fully saturated rings. The molecule has 0 saturated heterocycles. The first kappa shape index (κ1) is 15.2. The second-order valence-electron chi connectivity index (χ2n) is 6.05. The molecule has 1 unspecified atom stereocenters. The molecule has 1 rings (SSSR count). The van der Waals surface area contributed by atoms with Crippen LogP contribution in [-0.2, 0) is 13.5 Å². The monoisotopic (exact) mass is 252 g/mol. The van der Waals surface area contributed by atoms with E-state index in [2.05, 4.69) is 43.1 Å². The molecule has 0 aromatic carbocycles. The fourth-order valence-electron chi connectivity index (χ4n) is 2.24. The van der Waals surface area contributed by atoms with Gasteiger partial charge in [0.1, 0.15) is 12.2 Å². The predicted octanol–water partition coefficient (Wildman–Crippen LogP) is 2.27. The molecule has 0 aliphatic heterocycles. The number of hydrogen-bond donors (Lipinski definition) is 1. The van der Waals surface area contributed by atoms with E-state index in [-0.39, 0.29) is 0 Å². The lowest BCUT2D eigenvalue weighted by Gasteiger charge is -2.20. The predicted molar refractivity (Wildman–Crippen MR) is 75.4 cm³/mol. The van der Waals surface area contributed by atoms with Gasteiger partial charge in [-0.3, -0.25) is 4.68 Å². The van der Waals surface area contributed by atoms with Gasteiger partial charge in [-0.25, -0.2) is 4.98 Å². The van der Waals surface area contributed by atoms with Crippen LogP contribution in [-0.4, -0.2) is 27.9 Å². The van der Waals surface area contributed by atoms with Crippen LogP contribution in [0.2, 0.25) is 0 Å². The molecule has 18 heavy (non-hydrogen) atoms. The zero-order valence-corrected chi connectivity index (χ0v) is 12.5. The Hall–Kier alpha value is -0.900. The molecule has 0 aliphatic rings. The second-order valence-corrected chi connectivity index (χ2v) is 6.05. The third-order valence-electron chi connectivity index (χ3n) is 3.07. The summed E-state index contributed by atoms with van der Waals surface area (Å²) in [7, 11) is 1.97. The fraction of sp³-hybridized carbons (Fsp3) is 0.857. The normalized spacial score (nSPS) is 13.5. The number of nitrogens with one attached hydrogen (secondary N) is 1. The highest BCUT2D eigenvalue weighted by molar-refractivity contribution is 4.87. The highest BCUT2D eigenvalue weighted by atomic mass is 15.3. The lowest BCUT2D eigenvalue weighted by molar-refractivity contribution is 0.367. The van der Waals surface area contributed by atoms with Crippen molar-refractivity contribution < 1.29 is 0 Å². The van der Waals surface area contributed by atoms with Crippen molar-refractivity contribution in [3.05, 3.63) is 12.2 Å². The minimum absolute atomic E-state index is 0.645. The molecule has 1 atom stereocenters. The lowest BCUT2D eigenvalue weighted by atomic mass is 9.93. The van der Waals surface area contributed by atoms with E-state index in [1.165, 1.54) is 6.42 Å². The Morgan fingerprint density at radius 1 is 1.17 bits per heavy atom. The number of aromatic nitrogens is 3. The molecule has 0 radical (unpaired) electrons. The Labute approximate surface area is 111 Å². The SMILES string of the molecule is CC(C)CNCC(Cc1ncnn1C)CC(C)C. The summed E-state index contributed by atoms with van der Waals surface area (Å²) in [6, 6.07) is 0. The minimum atomic E-state index is 0.645. The summed E-state index contributed by atoms with van der Waals surface area (Å²) in [5.41, 5.74) is 0. The van der Waals surface area contributed by atoms with Gasteiger partial charge in [-0.1, -0.05) is 27.7 Å². The van der Waals surface area contributed by atoms with E-state index in [1.54, 1.807) is 6.33 Å². The van der Waals surface area contributed by atoms with Crippen molar-refractivity contribution in [2.24, 2.45) is 24.8 Å². The van der Waals surface area contributed by atoms with Crippen LogP contribution in [0.15, 0.2) is 6.33 Å². The van der Waals surface area contributed by atoms with Crippen LogP contribution in [0, 0.1) is 17.8 Å². The zero-order valence-electron chi connectivity index (χ0n) is 12.5. The maximum absolute atomic E-state index is 4.33. The van der Waals surface area contributed by atoms with E-state index in [0.29, 0.717) is 11.8 Å². The van der Waals surface area contributed by atoms with Crippen LogP contribution in [0.3, 0.4) is 0 Å². The van der Waals surface area contributed by atoms with Crippen molar-refractivity contribution in [2.75, 3.05) is 13.1 Å². The first-order valence-corrected chi connectivity index (χ1v) is 7.02. The summed E-state index contributed by atoms with van der Waals surface area (Å²) >= 11 is 0. The molecule has 1 aromatic rings. The van der Waals surface area contributed by atoms with Gasteiger partial charge in [0.2, 0.25) is 0 Å². The quantitative estimate of drug-likeness (QED) is 0.772. The van der Waals surface area contributed by atoms with Crippen molar-refractivity contribution in [2.45, 2.75) is 40.5 Å². The summed E-state index contributed by atoms with van der Waals surface area (Å²) in [5.74, 6) is 3.17. The van der Waals surface area contributed by atoms with Gasteiger partial charge in [-0.2, -0.15) is 5.10 Å². The Kier molecular flexibility index (Phi) is 6.33. The van der Waals surface area contributed by atoms with Crippen LogP contribution in [0.1, 0.15) is 39.9 Å². The summed E-state index contributed by atoms with van der Waals surface area (Å²) in [4.78, 5) is 4.33. The number of rotatable bonds is 8. The van der Waals surface area contributed by atoms with Gasteiger partial charge in [0.05, 0.1) is 0 Å². The molecule has 0 bridgehead atoms. The summed E-state index contributed by atoms with van der Waals surface area (Å²) < 4.78 is 1.88. The molecule has 1 heterocycles. The lowest BCUT2D eigenvalue weighted by Crippen LogP contribution is -2.29. The van der Waals surface area contributed by atoms with Crippen LogP contribution in [0.4, 0.5) is 0 Å². The molecule has 1 aromatic heterocycles. The van der Waals surface area contributed by atoms with Crippen LogP contribution in [0.25, 0.3) is 0 Å². The van der Waals surface area contributed by atoms with E-state index < -0.39 is 0 Å². The Morgan fingerprint density at radius 3 is 2.39 bits per heavy atom. The molecule has 4 heteroatoms. The van der Waals surface area contributed by atoms with E-state index in [1.807, 2.05) is 11.7 Å². The smallest absolute Gasteiger partial charge is 0.138 e. The first-order chi connectivity index (χ1) is 8.49. The number of aryl methyl sites for hydroxylation is 1. The second kappa shape index (κ2) is 7.52. The number of hydrogen-bond acceptors (Lipinski definition) is 3. The van der Waals surface area contributed by atoms with E-state index >= 15 is 0 Å². The van der Waals surface area contributed by atoms with Crippen molar-refractivity contribution in [1.82, 2.24) is 20.1 Å². The molecule has 4 nitrogen and oxygen atoms in total. The molecule has 1 N–H and O–H groups in total. The molecule has 104 valence electrons. The van der Waals surface area contributed by atoms with Gasteiger partial charge in [0, 0.05) is 13.5 Å². The average molecular weight is 252 g/mol. The molecular formula is C14H28N4. The van der Waals surface area contributed by atoms with Gasteiger partial charge < -0.3 is 5.32 Å². The van der Waals surface area contributed by atoms with Crippen molar-refractivity contribution >= 4 is 0 Å². The van der Waals surface area contributed by atoms with Crippen LogP contribution >= 0.6 is 0 Å².